The summed E-state index contributed by atoms with van der Waals surface area (Å²) in [6, 6.07) is 4.45. The molecule has 5 atom stereocenters. The smallest absolute Gasteiger partial charge is 0.408 e. The van der Waals surface area contributed by atoms with E-state index < -0.39 is 56.3 Å². The molecule has 16 heteroatoms. The minimum atomic E-state index is -3.96. The van der Waals surface area contributed by atoms with Crippen LogP contribution < -0.4 is 14.8 Å². The normalized spacial score (nSPS) is 28.6. The zero-order valence-corrected chi connectivity index (χ0v) is 38.4. The van der Waals surface area contributed by atoms with E-state index in [4.69, 9.17) is 19.4 Å². The van der Waals surface area contributed by atoms with Crippen molar-refractivity contribution in [3.8, 4) is 16.6 Å². The maximum Gasteiger partial charge on any atom is 0.408 e. The van der Waals surface area contributed by atoms with Gasteiger partial charge in [0.25, 0.3) is 6.01 Å². The van der Waals surface area contributed by atoms with Crippen LogP contribution in [0, 0.1) is 11.3 Å². The van der Waals surface area contributed by atoms with Crippen molar-refractivity contribution in [1.82, 2.24) is 29.5 Å². The van der Waals surface area contributed by atoms with Gasteiger partial charge in [0.15, 0.2) is 5.78 Å². The first-order valence-corrected chi connectivity index (χ1v) is 25.8. The van der Waals surface area contributed by atoms with Crippen LogP contribution in [0.2, 0.25) is 0 Å². The Morgan fingerprint density at radius 2 is 1.70 bits per heavy atom. The van der Waals surface area contributed by atoms with Crippen LogP contribution in [0.25, 0.3) is 21.6 Å². The molecule has 0 bridgehead atoms. The fourth-order valence-electron chi connectivity index (χ4n) is 10.4. The fraction of sp³-hybridized carbons (Fsp3) is 0.660. The Hall–Kier alpha value is -4.31. The van der Waals surface area contributed by atoms with Crippen molar-refractivity contribution in [1.29, 1.82) is 0 Å². The number of nitrogens with zero attached hydrogens (tertiary/aromatic N) is 4. The molecule has 1 saturated heterocycles. The number of ether oxygens (including phenoxy) is 2. The van der Waals surface area contributed by atoms with Gasteiger partial charge in [-0.1, -0.05) is 43.9 Å². The number of allylic oxidation sites excluding steroid dienone is 2. The largest absolute Gasteiger partial charge is 0.459 e. The number of rotatable bonds is 10. The summed E-state index contributed by atoms with van der Waals surface area (Å²) in [7, 11) is -3.96. The van der Waals surface area contributed by atoms with Crippen LogP contribution in [0.4, 0.5) is 4.79 Å². The third-order valence-corrected chi connectivity index (χ3v) is 17.8. The predicted octanol–water partition coefficient (Wildman–Crippen LogP) is 8.27. The molecular weight excluding hydrogens is 841 g/mol. The monoisotopic (exact) mass is 902 g/mol. The lowest BCUT2D eigenvalue weighted by molar-refractivity contribution is -0.140. The van der Waals surface area contributed by atoms with Crippen molar-refractivity contribution in [2.45, 2.75) is 177 Å². The van der Waals surface area contributed by atoms with Crippen molar-refractivity contribution in [2.75, 3.05) is 6.54 Å². The Kier molecular flexibility index (Phi) is 12.3. The number of thiazole rings is 1. The molecule has 0 spiro atoms. The topological polar surface area (TPSA) is 179 Å². The number of hydrogen-bond acceptors (Lipinski definition) is 11. The lowest BCUT2D eigenvalue weighted by atomic mass is 9.91. The Bertz CT molecular complexity index is 2380. The Balaban J connectivity index is 1.02. The van der Waals surface area contributed by atoms with Crippen LogP contribution in [-0.4, -0.2) is 87.1 Å². The van der Waals surface area contributed by atoms with E-state index >= 15 is 0 Å². The molecule has 3 aromatic rings. The summed E-state index contributed by atoms with van der Waals surface area (Å²) in [6.45, 7) is 5.79. The summed E-state index contributed by atoms with van der Waals surface area (Å²) in [5.74, 6) is -1.26. The van der Waals surface area contributed by atoms with Crippen molar-refractivity contribution < 1.29 is 37.1 Å². The number of sulfonamides is 1. The van der Waals surface area contributed by atoms with E-state index in [0.717, 1.165) is 85.1 Å². The van der Waals surface area contributed by atoms with Crippen LogP contribution in [0.5, 0.6) is 6.01 Å². The summed E-state index contributed by atoms with van der Waals surface area (Å²) in [5.41, 5.74) is 2.44. The van der Waals surface area contributed by atoms with Crippen LogP contribution in [-0.2, 0) is 29.1 Å². The van der Waals surface area contributed by atoms with E-state index in [1.54, 1.807) is 18.3 Å². The van der Waals surface area contributed by atoms with Crippen molar-refractivity contribution in [3.63, 3.8) is 0 Å². The maximum absolute atomic E-state index is 14.9. The number of aromatic nitrogens is 3. The van der Waals surface area contributed by atoms with Gasteiger partial charge in [0.2, 0.25) is 21.8 Å². The summed E-state index contributed by atoms with van der Waals surface area (Å²) in [6.07, 6.45) is 15.3. The number of benzene rings is 1. The second-order valence-electron chi connectivity index (χ2n) is 19.6. The van der Waals surface area contributed by atoms with Gasteiger partial charge in [-0.3, -0.25) is 23.7 Å². The van der Waals surface area contributed by atoms with Gasteiger partial charge >= 0.3 is 6.09 Å². The van der Waals surface area contributed by atoms with E-state index in [-0.39, 0.29) is 43.2 Å². The molecule has 4 saturated carbocycles. The molecule has 6 aliphatic rings. The number of Topliss-reactive ketones (excluding diaryl/α,β-unsaturated/α-hetero) is 1. The Morgan fingerprint density at radius 1 is 0.952 bits per heavy atom. The van der Waals surface area contributed by atoms with Gasteiger partial charge in [-0.2, -0.15) is 4.98 Å². The molecule has 340 valence electrons. The lowest BCUT2D eigenvalue weighted by Crippen LogP contribution is -2.52. The number of nitrogens with one attached hydrogen (secondary N) is 2. The van der Waals surface area contributed by atoms with Crippen LogP contribution in [0.3, 0.4) is 0 Å². The van der Waals surface area contributed by atoms with Gasteiger partial charge in [-0.15, -0.1) is 11.3 Å². The third-order valence-electron chi connectivity index (χ3n) is 14.7. The van der Waals surface area contributed by atoms with Gasteiger partial charge in [-0.05, 0) is 116 Å². The average molecular weight is 903 g/mol. The van der Waals surface area contributed by atoms with E-state index in [2.05, 4.69) is 29.3 Å². The molecule has 1 aromatic carbocycles. The number of carbonyl (C=O) groups is 4. The lowest BCUT2D eigenvalue weighted by Gasteiger charge is -2.29. The summed E-state index contributed by atoms with van der Waals surface area (Å²) in [5, 5.41) is 5.96. The number of amides is 3. The number of para-hydroxylation sites is 1. The standard InChI is InChI=1S/C47H62N6O8S2/c1-29(2)53-37-21-13-19-34(41-48-36(28-62-41)30-14-9-10-15-30)40(37)50-44(53)60-33-24-38-39(54)26-47(43(56)51-63(58,59)46(3)22-23-46)25-31(47)16-7-5-4-6-8-20-35(42(55)52(38)27-33)49-45(57)61-32-17-11-12-18-32/h7,13,16,19,21,28-33,35,38H,4-6,8-12,14-15,17-18,20,22-27H2,1-3H3,(H,49,57)(H,51,56)/b16-7-/t31-,33-,35+,38+,47-/m1/s1. The third kappa shape index (κ3) is 8.91. The van der Waals surface area contributed by atoms with Gasteiger partial charge in [0.1, 0.15) is 28.8 Å². The molecule has 9 rings (SSSR count). The van der Waals surface area contributed by atoms with E-state index in [9.17, 15) is 27.6 Å². The molecule has 63 heavy (non-hydrogen) atoms. The van der Waals surface area contributed by atoms with Crippen LogP contribution in [0.1, 0.15) is 154 Å². The van der Waals surface area contributed by atoms with E-state index in [1.807, 2.05) is 34.9 Å². The van der Waals surface area contributed by atoms with Crippen molar-refractivity contribution in [3.05, 3.63) is 41.4 Å². The van der Waals surface area contributed by atoms with Gasteiger partial charge in [0.05, 0.1) is 34.0 Å². The van der Waals surface area contributed by atoms with Gasteiger partial charge in [-0.25, -0.2) is 18.2 Å². The molecule has 2 aromatic heterocycles. The first-order valence-electron chi connectivity index (χ1n) is 23.4. The quantitative estimate of drug-likeness (QED) is 0.188. The number of fused-ring (bicyclic) bond motifs is 3. The maximum atomic E-state index is 14.9. The van der Waals surface area contributed by atoms with Crippen LogP contribution >= 0.6 is 11.3 Å². The molecule has 2 aliphatic heterocycles. The minimum Gasteiger partial charge on any atom is -0.459 e. The summed E-state index contributed by atoms with van der Waals surface area (Å²) in [4.78, 5) is 68.8. The molecule has 0 radical (unpaired) electrons. The molecular formula is C47H62N6O8S2. The molecule has 4 aliphatic carbocycles. The highest BCUT2D eigenvalue weighted by molar-refractivity contribution is 7.91. The molecule has 3 amide bonds. The molecule has 4 heterocycles. The number of ketones is 1. The highest BCUT2D eigenvalue weighted by Gasteiger charge is 2.62. The first kappa shape index (κ1) is 43.9. The second kappa shape index (κ2) is 17.6. The minimum absolute atomic E-state index is 0.0474. The SMILES string of the molecule is CC(C)n1c(O[C@@H]2C[C@H]3C(=O)C[C@]4(C(=O)NS(=O)(=O)C5(C)CC5)C[C@H]4/C=C\CCCCC[C@H](NC(=O)OC4CCCC4)C(=O)N3C2)nc2c(-c3nc(C4CCCC4)cs3)cccc21. The number of carbonyl (C=O) groups excluding carboxylic acids is 4. The summed E-state index contributed by atoms with van der Waals surface area (Å²) >= 11 is 1.63. The highest BCUT2D eigenvalue weighted by Crippen LogP contribution is 2.57. The Morgan fingerprint density at radius 3 is 2.44 bits per heavy atom. The average Bonchev–Trinajstić information content (AvgIpc) is 3.72. The number of alkyl carbamates (subject to hydrolysis) is 1. The van der Waals surface area contributed by atoms with E-state index in [1.165, 1.54) is 17.7 Å². The summed E-state index contributed by atoms with van der Waals surface area (Å²) < 4.78 is 42.6. The zero-order chi connectivity index (χ0) is 44.1. The molecule has 0 unspecified atom stereocenters. The fourth-order valence-corrected chi connectivity index (χ4v) is 12.7. The molecule has 5 fully saturated rings. The van der Waals surface area contributed by atoms with Crippen molar-refractivity contribution >= 4 is 56.1 Å². The molecule has 14 nitrogen and oxygen atoms in total. The second-order valence-corrected chi connectivity index (χ2v) is 22.7. The van der Waals surface area contributed by atoms with Crippen molar-refractivity contribution in [2.24, 2.45) is 11.3 Å². The molecule has 2 N–H and O–H groups in total. The number of hydrogen-bond donors (Lipinski definition) is 2. The van der Waals surface area contributed by atoms with Gasteiger partial charge < -0.3 is 19.7 Å². The van der Waals surface area contributed by atoms with Crippen LogP contribution in [0.15, 0.2) is 35.7 Å². The number of imidazole rings is 1. The zero-order valence-electron chi connectivity index (χ0n) is 36.8. The highest BCUT2D eigenvalue weighted by atomic mass is 32.2. The van der Waals surface area contributed by atoms with E-state index in [0.29, 0.717) is 44.0 Å². The first-order chi connectivity index (χ1) is 30.2. The predicted molar refractivity (Wildman–Crippen MR) is 240 cm³/mol. The Labute approximate surface area is 374 Å². The van der Waals surface area contributed by atoms with Gasteiger partial charge in [0, 0.05) is 35.7 Å².